The summed E-state index contributed by atoms with van der Waals surface area (Å²) in [6.07, 6.45) is 5.52. The molecule has 112 valence electrons. The highest BCUT2D eigenvalue weighted by molar-refractivity contribution is 5.48. The maximum absolute atomic E-state index is 3.70. The van der Waals surface area contributed by atoms with Crippen molar-refractivity contribution in [1.82, 2.24) is 5.32 Å². The Morgan fingerprint density at radius 2 is 2.00 bits per heavy atom. The van der Waals surface area contributed by atoms with Crippen LogP contribution in [0.4, 0.5) is 5.69 Å². The van der Waals surface area contributed by atoms with Gasteiger partial charge in [-0.15, -0.1) is 0 Å². The SMILES string of the molecule is CCNC1CCCCC1CN(CC)c1cccc(C)c1. The molecule has 0 spiro atoms. The number of hydrogen-bond donors (Lipinski definition) is 1. The van der Waals surface area contributed by atoms with Crippen molar-refractivity contribution >= 4 is 5.69 Å². The summed E-state index contributed by atoms with van der Waals surface area (Å²) >= 11 is 0. The van der Waals surface area contributed by atoms with Crippen LogP contribution >= 0.6 is 0 Å². The van der Waals surface area contributed by atoms with Crippen LogP contribution in [0.15, 0.2) is 24.3 Å². The standard InChI is InChI=1S/C18H30N2/c1-4-19-18-12-7-6-10-16(18)14-20(5-2)17-11-8-9-15(3)13-17/h8-9,11,13,16,18-19H,4-7,10,12,14H2,1-3H3. The molecule has 1 saturated carbocycles. The summed E-state index contributed by atoms with van der Waals surface area (Å²) in [5.74, 6) is 0.796. The maximum Gasteiger partial charge on any atom is 0.0368 e. The average molecular weight is 274 g/mol. The predicted octanol–water partition coefficient (Wildman–Crippen LogP) is 3.99. The number of nitrogens with zero attached hydrogens (tertiary/aromatic N) is 1. The molecule has 20 heavy (non-hydrogen) atoms. The molecule has 1 N–H and O–H groups in total. The van der Waals surface area contributed by atoms with Gasteiger partial charge < -0.3 is 10.2 Å². The summed E-state index contributed by atoms with van der Waals surface area (Å²) in [6.45, 7) is 10.1. The Morgan fingerprint density at radius 1 is 1.20 bits per heavy atom. The van der Waals surface area contributed by atoms with Gasteiger partial charge in [0.25, 0.3) is 0 Å². The highest BCUT2D eigenvalue weighted by atomic mass is 15.1. The average Bonchev–Trinajstić information content (AvgIpc) is 2.46. The van der Waals surface area contributed by atoms with Gasteiger partial charge in [0.1, 0.15) is 0 Å². The molecule has 0 heterocycles. The van der Waals surface area contributed by atoms with Gasteiger partial charge in [0.05, 0.1) is 0 Å². The van der Waals surface area contributed by atoms with Crippen LogP contribution in [-0.2, 0) is 0 Å². The number of nitrogens with one attached hydrogen (secondary N) is 1. The largest absolute Gasteiger partial charge is 0.371 e. The predicted molar refractivity (Wildman–Crippen MR) is 88.5 cm³/mol. The van der Waals surface area contributed by atoms with E-state index >= 15 is 0 Å². The topological polar surface area (TPSA) is 15.3 Å². The van der Waals surface area contributed by atoms with Gasteiger partial charge >= 0.3 is 0 Å². The molecule has 0 aliphatic heterocycles. The third kappa shape index (κ3) is 3.99. The summed E-state index contributed by atoms with van der Waals surface area (Å²) in [7, 11) is 0. The first kappa shape index (κ1) is 15.4. The first-order valence-corrected chi connectivity index (χ1v) is 8.29. The molecule has 2 heteroatoms. The van der Waals surface area contributed by atoms with Crippen LogP contribution in [0.2, 0.25) is 0 Å². The summed E-state index contributed by atoms with van der Waals surface area (Å²) in [5, 5.41) is 3.70. The van der Waals surface area contributed by atoms with Gasteiger partial charge in [0.2, 0.25) is 0 Å². The molecule has 1 aliphatic carbocycles. The fraction of sp³-hybridized carbons (Fsp3) is 0.667. The Morgan fingerprint density at radius 3 is 2.70 bits per heavy atom. The molecule has 0 amide bonds. The normalized spacial score (nSPS) is 22.8. The molecule has 2 nitrogen and oxygen atoms in total. The minimum atomic E-state index is 0.715. The van der Waals surface area contributed by atoms with Crippen molar-refractivity contribution in [2.75, 3.05) is 24.5 Å². The number of rotatable bonds is 6. The lowest BCUT2D eigenvalue weighted by molar-refractivity contribution is 0.268. The number of aryl methyl sites for hydroxylation is 1. The van der Waals surface area contributed by atoms with Gasteiger partial charge in [-0.1, -0.05) is 31.9 Å². The Balaban J connectivity index is 2.04. The van der Waals surface area contributed by atoms with Crippen LogP contribution in [0.1, 0.15) is 45.1 Å². The van der Waals surface area contributed by atoms with E-state index in [0.717, 1.165) is 19.0 Å². The minimum Gasteiger partial charge on any atom is -0.371 e. The molecule has 0 saturated heterocycles. The molecule has 2 rings (SSSR count). The molecular formula is C18H30N2. The van der Waals surface area contributed by atoms with E-state index in [2.05, 4.69) is 55.3 Å². The maximum atomic E-state index is 3.70. The molecule has 2 atom stereocenters. The number of benzene rings is 1. The third-order valence-electron chi connectivity index (χ3n) is 4.58. The minimum absolute atomic E-state index is 0.715. The zero-order chi connectivity index (χ0) is 14.4. The highest BCUT2D eigenvalue weighted by Gasteiger charge is 2.25. The highest BCUT2D eigenvalue weighted by Crippen LogP contribution is 2.27. The molecule has 1 aromatic carbocycles. The lowest BCUT2D eigenvalue weighted by Crippen LogP contribution is -2.44. The summed E-state index contributed by atoms with van der Waals surface area (Å²) in [6, 6.07) is 9.64. The lowest BCUT2D eigenvalue weighted by atomic mass is 9.84. The van der Waals surface area contributed by atoms with Crippen LogP contribution in [0.25, 0.3) is 0 Å². The second-order valence-electron chi connectivity index (χ2n) is 6.09. The van der Waals surface area contributed by atoms with Crippen molar-refractivity contribution in [3.63, 3.8) is 0 Å². The van der Waals surface area contributed by atoms with Crippen LogP contribution in [0, 0.1) is 12.8 Å². The van der Waals surface area contributed by atoms with Crippen molar-refractivity contribution < 1.29 is 0 Å². The van der Waals surface area contributed by atoms with E-state index in [4.69, 9.17) is 0 Å². The van der Waals surface area contributed by atoms with Crippen molar-refractivity contribution in [3.8, 4) is 0 Å². The van der Waals surface area contributed by atoms with Gasteiger partial charge in [0, 0.05) is 24.8 Å². The Labute approximate surface area is 124 Å². The monoisotopic (exact) mass is 274 g/mol. The van der Waals surface area contributed by atoms with Gasteiger partial charge in [-0.05, 0) is 56.8 Å². The molecule has 0 aromatic heterocycles. The summed E-state index contributed by atoms with van der Waals surface area (Å²) < 4.78 is 0. The molecule has 1 aliphatic rings. The van der Waals surface area contributed by atoms with Gasteiger partial charge in [-0.2, -0.15) is 0 Å². The van der Waals surface area contributed by atoms with E-state index in [9.17, 15) is 0 Å². The zero-order valence-corrected chi connectivity index (χ0v) is 13.4. The molecular weight excluding hydrogens is 244 g/mol. The van der Waals surface area contributed by atoms with Crippen LogP contribution in [-0.4, -0.2) is 25.7 Å². The second-order valence-corrected chi connectivity index (χ2v) is 6.09. The van der Waals surface area contributed by atoms with Gasteiger partial charge in [-0.25, -0.2) is 0 Å². The molecule has 2 unspecified atom stereocenters. The Hall–Kier alpha value is -1.02. The third-order valence-corrected chi connectivity index (χ3v) is 4.58. The summed E-state index contributed by atoms with van der Waals surface area (Å²) in [5.41, 5.74) is 2.74. The van der Waals surface area contributed by atoms with E-state index in [-0.39, 0.29) is 0 Å². The quantitative estimate of drug-likeness (QED) is 0.844. The van der Waals surface area contributed by atoms with Crippen LogP contribution in [0.3, 0.4) is 0 Å². The number of hydrogen-bond acceptors (Lipinski definition) is 2. The van der Waals surface area contributed by atoms with Crippen LogP contribution in [0.5, 0.6) is 0 Å². The lowest BCUT2D eigenvalue weighted by Gasteiger charge is -2.36. The fourth-order valence-electron chi connectivity index (χ4n) is 3.48. The van der Waals surface area contributed by atoms with Gasteiger partial charge in [0.15, 0.2) is 0 Å². The van der Waals surface area contributed by atoms with Crippen molar-refractivity contribution in [3.05, 3.63) is 29.8 Å². The fourth-order valence-corrected chi connectivity index (χ4v) is 3.48. The molecule has 0 radical (unpaired) electrons. The van der Waals surface area contributed by atoms with E-state index < -0.39 is 0 Å². The molecule has 0 bridgehead atoms. The van der Waals surface area contributed by atoms with E-state index in [1.54, 1.807) is 0 Å². The molecule has 1 aromatic rings. The van der Waals surface area contributed by atoms with Crippen molar-refractivity contribution in [1.29, 1.82) is 0 Å². The first-order valence-electron chi connectivity index (χ1n) is 8.29. The van der Waals surface area contributed by atoms with Crippen molar-refractivity contribution in [2.45, 2.75) is 52.5 Å². The Kier molecular flexibility index (Phi) is 5.90. The van der Waals surface area contributed by atoms with E-state index in [1.165, 1.54) is 43.5 Å². The van der Waals surface area contributed by atoms with Gasteiger partial charge in [-0.3, -0.25) is 0 Å². The van der Waals surface area contributed by atoms with E-state index in [1.807, 2.05) is 0 Å². The van der Waals surface area contributed by atoms with Crippen LogP contribution < -0.4 is 10.2 Å². The zero-order valence-electron chi connectivity index (χ0n) is 13.4. The first-order chi connectivity index (χ1) is 9.74. The summed E-state index contributed by atoms with van der Waals surface area (Å²) in [4.78, 5) is 2.55. The van der Waals surface area contributed by atoms with E-state index in [0.29, 0.717) is 6.04 Å². The molecule has 1 fully saturated rings. The smallest absolute Gasteiger partial charge is 0.0368 e. The Bertz CT molecular complexity index is 400. The van der Waals surface area contributed by atoms with Crippen molar-refractivity contribution in [2.24, 2.45) is 5.92 Å². The second kappa shape index (κ2) is 7.68. The number of anilines is 1.